The molecule has 0 aliphatic rings. The van der Waals surface area contributed by atoms with E-state index in [0.29, 0.717) is 17.6 Å². The Balaban J connectivity index is 0.000000259. The van der Waals surface area contributed by atoms with Gasteiger partial charge >= 0.3 is 19.5 Å². The van der Waals surface area contributed by atoms with E-state index in [-0.39, 0.29) is 37.5 Å². The fourth-order valence-electron chi connectivity index (χ4n) is 2.47. The number of benzene rings is 2. The summed E-state index contributed by atoms with van der Waals surface area (Å²) in [4.78, 5) is 28.8. The van der Waals surface area contributed by atoms with Crippen molar-refractivity contribution >= 4 is 33.7 Å². The number of nitrogens with zero attached hydrogens (tertiary/aromatic N) is 2. The summed E-state index contributed by atoms with van der Waals surface area (Å²) in [5.74, 6) is -2.49. The number of aromatic carboxylic acids is 2. The number of aromatic nitrogens is 2. The molecule has 8 nitrogen and oxygen atoms in total. The molecule has 0 atom stereocenters. The maximum absolute atomic E-state index is 10.5. The largest absolute Gasteiger partial charge is 2.00 e. The van der Waals surface area contributed by atoms with Crippen LogP contribution in [0.4, 0.5) is 0 Å². The van der Waals surface area contributed by atoms with Gasteiger partial charge in [0.25, 0.3) is 0 Å². The monoisotopic (exact) mass is 483 g/mol. The standard InChI is InChI=1S/2C10H7NO2.C3H9NO.Zn/c2*12-10(13)9-6-5-7-3-1-2-4-8(7)11-9;1-4-2-3-5;/h2*1-6H,(H,12,13);4-5H,2-3H2,1H3;/q;;;+2/p-2. The molecule has 0 saturated heterocycles. The Morgan fingerprint density at radius 2 is 1.19 bits per heavy atom. The number of hydrogen-bond acceptors (Lipinski definition) is 8. The molecule has 0 saturated carbocycles. The van der Waals surface area contributed by atoms with Crippen LogP contribution in [0.25, 0.3) is 21.8 Å². The summed E-state index contributed by atoms with van der Waals surface area (Å²) in [5, 5.41) is 33.6. The average molecular weight is 485 g/mol. The van der Waals surface area contributed by atoms with Gasteiger partial charge in [-0.2, -0.15) is 0 Å². The zero-order valence-corrected chi connectivity index (χ0v) is 20.5. The molecule has 2 aromatic heterocycles. The number of likely N-dealkylation sites (N-methyl/N-ethyl adjacent to an activating group) is 1. The van der Waals surface area contributed by atoms with Crippen LogP contribution in [0.2, 0.25) is 0 Å². The zero-order chi connectivity index (χ0) is 22.6. The Labute approximate surface area is 197 Å². The molecule has 2 aromatic carbocycles. The summed E-state index contributed by atoms with van der Waals surface area (Å²) in [6.07, 6.45) is 0. The number of hydrogen-bond donors (Lipinski definition) is 2. The van der Waals surface area contributed by atoms with Gasteiger partial charge in [0.15, 0.2) is 0 Å². The first-order valence-electron chi connectivity index (χ1n) is 9.36. The third-order valence-electron chi connectivity index (χ3n) is 3.98. The minimum absolute atomic E-state index is 0. The molecule has 4 aromatic rings. The van der Waals surface area contributed by atoms with Crippen molar-refractivity contribution in [3.63, 3.8) is 0 Å². The van der Waals surface area contributed by atoms with Crippen molar-refractivity contribution in [3.8, 4) is 0 Å². The van der Waals surface area contributed by atoms with E-state index in [4.69, 9.17) is 5.11 Å². The van der Waals surface area contributed by atoms with Crippen LogP contribution in [0.5, 0.6) is 0 Å². The van der Waals surface area contributed by atoms with Crippen LogP contribution in [0, 0.1) is 0 Å². The van der Waals surface area contributed by atoms with Crippen LogP contribution in [0.15, 0.2) is 72.8 Å². The van der Waals surface area contributed by atoms with Crippen molar-refractivity contribution in [2.45, 2.75) is 0 Å². The molecule has 2 heterocycles. The number of nitrogens with one attached hydrogen (secondary N) is 1. The molecule has 0 fully saturated rings. The number of aliphatic hydroxyl groups is 1. The third kappa shape index (κ3) is 8.11. The van der Waals surface area contributed by atoms with E-state index in [1.807, 2.05) is 36.4 Å². The predicted octanol–water partition coefficient (Wildman–Crippen LogP) is 0.392. The van der Waals surface area contributed by atoms with Crippen LogP contribution in [0.1, 0.15) is 21.0 Å². The van der Waals surface area contributed by atoms with Crippen LogP contribution < -0.4 is 15.5 Å². The van der Waals surface area contributed by atoms with Crippen molar-refractivity contribution in [1.29, 1.82) is 0 Å². The summed E-state index contributed by atoms with van der Waals surface area (Å²) < 4.78 is 0. The van der Waals surface area contributed by atoms with Crippen molar-refractivity contribution in [2.75, 3.05) is 20.2 Å². The Morgan fingerprint density at radius 1 is 0.781 bits per heavy atom. The number of carbonyl (C=O) groups is 2. The molecule has 0 aliphatic heterocycles. The van der Waals surface area contributed by atoms with Gasteiger partial charge in [-0.05, 0) is 31.3 Å². The van der Waals surface area contributed by atoms with E-state index in [1.165, 1.54) is 12.1 Å². The smallest absolute Gasteiger partial charge is 0.543 e. The van der Waals surface area contributed by atoms with Crippen LogP contribution >= 0.6 is 0 Å². The molecule has 0 unspecified atom stereocenters. The minimum Gasteiger partial charge on any atom is -0.543 e. The third-order valence-corrected chi connectivity index (χ3v) is 3.98. The van der Waals surface area contributed by atoms with Gasteiger partial charge in [0.1, 0.15) is 0 Å². The number of aliphatic hydroxyl groups excluding tert-OH is 1. The maximum Gasteiger partial charge on any atom is 2.00 e. The fraction of sp³-hybridized carbons (Fsp3) is 0.130. The van der Waals surface area contributed by atoms with Crippen molar-refractivity contribution in [1.82, 2.24) is 15.3 Å². The summed E-state index contributed by atoms with van der Waals surface area (Å²) >= 11 is 0. The number of rotatable bonds is 4. The van der Waals surface area contributed by atoms with Crippen LogP contribution in [-0.4, -0.2) is 47.2 Å². The first-order chi connectivity index (χ1) is 15.0. The Morgan fingerprint density at radius 3 is 1.50 bits per heavy atom. The summed E-state index contributed by atoms with van der Waals surface area (Å²) in [6.45, 7) is 0.927. The molecule has 0 aliphatic carbocycles. The summed E-state index contributed by atoms with van der Waals surface area (Å²) in [7, 11) is 1.80. The topological polar surface area (TPSA) is 138 Å². The quantitative estimate of drug-likeness (QED) is 0.397. The van der Waals surface area contributed by atoms with Crippen molar-refractivity contribution in [2.24, 2.45) is 0 Å². The Hall–Kier alpha value is -3.26. The van der Waals surface area contributed by atoms with Gasteiger partial charge in [-0.3, -0.25) is 0 Å². The second-order valence-electron chi connectivity index (χ2n) is 6.18. The molecule has 0 bridgehead atoms. The number of para-hydroxylation sites is 2. The van der Waals surface area contributed by atoms with Crippen molar-refractivity contribution in [3.05, 3.63) is 84.2 Å². The molecule has 32 heavy (non-hydrogen) atoms. The van der Waals surface area contributed by atoms with E-state index >= 15 is 0 Å². The molecule has 2 N–H and O–H groups in total. The number of fused-ring (bicyclic) bond motifs is 2. The second-order valence-corrected chi connectivity index (χ2v) is 6.18. The molecule has 0 spiro atoms. The first-order valence-corrected chi connectivity index (χ1v) is 9.36. The van der Waals surface area contributed by atoms with Gasteiger partial charge in [0.2, 0.25) is 0 Å². The number of carbonyl (C=O) groups excluding carboxylic acids is 2. The van der Waals surface area contributed by atoms with Gasteiger partial charge in [0, 0.05) is 17.3 Å². The molecule has 9 heteroatoms. The van der Waals surface area contributed by atoms with Gasteiger partial charge < -0.3 is 30.2 Å². The van der Waals surface area contributed by atoms with E-state index in [2.05, 4.69) is 15.3 Å². The van der Waals surface area contributed by atoms with Gasteiger partial charge in [-0.1, -0.05) is 48.5 Å². The molecular formula is C23H21N3O5Zn. The summed E-state index contributed by atoms with van der Waals surface area (Å²) in [5.41, 5.74) is 1.28. The average Bonchev–Trinajstić information content (AvgIpc) is 2.79. The number of carboxylic acid groups (broad SMARTS) is 2. The van der Waals surface area contributed by atoms with E-state index in [1.54, 1.807) is 31.3 Å². The zero-order valence-electron chi connectivity index (χ0n) is 17.5. The SMILES string of the molecule is CNCCO.O=C([O-])c1ccc2ccccc2n1.O=C([O-])c1ccc2ccccc2n1.[Zn+2]. The molecule has 160 valence electrons. The molecule has 0 amide bonds. The van der Waals surface area contributed by atoms with Crippen LogP contribution in [0.3, 0.4) is 0 Å². The number of carboxylic acids is 2. The molecular weight excluding hydrogens is 464 g/mol. The maximum atomic E-state index is 10.5. The second kappa shape index (κ2) is 13.9. The van der Waals surface area contributed by atoms with E-state index in [0.717, 1.165) is 10.8 Å². The summed E-state index contributed by atoms with van der Waals surface area (Å²) in [6, 6.07) is 21.0. The van der Waals surface area contributed by atoms with E-state index < -0.39 is 11.9 Å². The Kier molecular flexibility index (Phi) is 11.7. The van der Waals surface area contributed by atoms with Gasteiger partial charge in [0.05, 0.1) is 41.0 Å². The molecule has 0 radical (unpaired) electrons. The number of pyridine rings is 2. The van der Waals surface area contributed by atoms with Crippen LogP contribution in [-0.2, 0) is 19.5 Å². The van der Waals surface area contributed by atoms with Crippen molar-refractivity contribution < 1.29 is 44.4 Å². The Bertz CT molecular complexity index is 1080. The normalized spacial score (nSPS) is 9.56. The first kappa shape index (κ1) is 26.8. The van der Waals surface area contributed by atoms with E-state index in [9.17, 15) is 19.8 Å². The van der Waals surface area contributed by atoms with Gasteiger partial charge in [-0.25, -0.2) is 9.97 Å². The minimum atomic E-state index is -1.24. The molecule has 4 rings (SSSR count). The van der Waals surface area contributed by atoms with Gasteiger partial charge in [-0.15, -0.1) is 0 Å². The fourth-order valence-corrected chi connectivity index (χ4v) is 2.47. The predicted molar refractivity (Wildman–Crippen MR) is 113 cm³/mol.